The van der Waals surface area contributed by atoms with Crippen molar-refractivity contribution in [2.45, 2.75) is 56.9 Å². The third kappa shape index (κ3) is 4.10. The number of ether oxygens (including phenoxy) is 1. The van der Waals surface area contributed by atoms with Gasteiger partial charge in [0, 0.05) is 18.0 Å². The lowest BCUT2D eigenvalue weighted by atomic mass is 9.77. The highest BCUT2D eigenvalue weighted by Crippen LogP contribution is 2.41. The first-order chi connectivity index (χ1) is 14.3. The lowest BCUT2D eigenvalue weighted by Gasteiger charge is -2.27. The summed E-state index contributed by atoms with van der Waals surface area (Å²) in [6.45, 7) is 1.06. The van der Waals surface area contributed by atoms with Crippen LogP contribution in [0.15, 0.2) is 60.7 Å². The maximum Gasteiger partial charge on any atom is 0.118 e. The van der Waals surface area contributed by atoms with Crippen LogP contribution in [0, 0.1) is 5.92 Å². The van der Waals surface area contributed by atoms with Crippen molar-refractivity contribution in [1.29, 1.82) is 0 Å². The third-order valence-corrected chi connectivity index (χ3v) is 6.73. The van der Waals surface area contributed by atoms with Gasteiger partial charge < -0.3 is 4.74 Å². The summed E-state index contributed by atoms with van der Waals surface area (Å²) >= 11 is 0. The molecule has 0 unspecified atom stereocenters. The van der Waals surface area contributed by atoms with Gasteiger partial charge in [-0.05, 0) is 86.3 Å². The highest BCUT2D eigenvalue weighted by atomic mass is 16.5. The molecule has 0 radical (unpaired) electrons. The highest BCUT2D eigenvalue weighted by molar-refractivity contribution is 5.61. The summed E-state index contributed by atoms with van der Waals surface area (Å²) in [6, 6.07) is 21.8. The van der Waals surface area contributed by atoms with E-state index in [0.717, 1.165) is 18.2 Å². The Bertz CT molecular complexity index is 933. The molecule has 2 aliphatic carbocycles. The number of benzene rings is 2. The average Bonchev–Trinajstić information content (AvgIpc) is 3.51. The van der Waals surface area contributed by atoms with Gasteiger partial charge in [0.25, 0.3) is 0 Å². The normalized spacial score (nSPS) is 21.8. The Balaban J connectivity index is 1.35. The zero-order valence-corrected chi connectivity index (χ0v) is 17.3. The predicted molar refractivity (Wildman–Crippen MR) is 117 cm³/mol. The van der Waals surface area contributed by atoms with E-state index in [-0.39, 0.29) is 0 Å². The van der Waals surface area contributed by atoms with E-state index in [4.69, 9.17) is 9.84 Å². The standard InChI is InChI=1S/C26H30N2O/c1-29-24-15-13-23(14-16-24)26-17-25(27-28(26)18-19-7-8-19)22-11-9-21(10-12-22)20-5-3-2-4-6-20/h2-6,13-17,19,21-22H,7-12,18H2,1H3. The van der Waals surface area contributed by atoms with Crippen LogP contribution in [0.2, 0.25) is 0 Å². The van der Waals surface area contributed by atoms with Crippen LogP contribution >= 0.6 is 0 Å². The van der Waals surface area contributed by atoms with Crippen molar-refractivity contribution in [3.63, 3.8) is 0 Å². The van der Waals surface area contributed by atoms with E-state index in [1.807, 2.05) is 0 Å². The Morgan fingerprint density at radius 2 is 1.55 bits per heavy atom. The number of rotatable bonds is 6. The summed E-state index contributed by atoms with van der Waals surface area (Å²) in [5.41, 5.74) is 5.30. The van der Waals surface area contributed by atoms with Gasteiger partial charge in [-0.3, -0.25) is 4.68 Å². The van der Waals surface area contributed by atoms with Crippen molar-refractivity contribution in [3.8, 4) is 17.0 Å². The van der Waals surface area contributed by atoms with Gasteiger partial charge in [-0.25, -0.2) is 0 Å². The molecule has 0 N–H and O–H groups in total. The first-order valence-electron chi connectivity index (χ1n) is 11.1. The molecule has 2 aromatic carbocycles. The molecule has 0 spiro atoms. The summed E-state index contributed by atoms with van der Waals surface area (Å²) in [7, 11) is 1.72. The topological polar surface area (TPSA) is 27.1 Å². The molecule has 2 fully saturated rings. The van der Waals surface area contributed by atoms with Crippen LogP contribution in [-0.4, -0.2) is 16.9 Å². The van der Waals surface area contributed by atoms with Crippen LogP contribution in [0.4, 0.5) is 0 Å². The first kappa shape index (κ1) is 18.5. The molecule has 0 aliphatic heterocycles. The number of methoxy groups -OCH3 is 1. The van der Waals surface area contributed by atoms with Crippen molar-refractivity contribution >= 4 is 0 Å². The molecule has 3 nitrogen and oxygen atoms in total. The fourth-order valence-corrected chi connectivity index (χ4v) is 4.76. The first-order valence-corrected chi connectivity index (χ1v) is 11.1. The fraction of sp³-hybridized carbons (Fsp3) is 0.423. The van der Waals surface area contributed by atoms with E-state index in [1.165, 1.54) is 61.0 Å². The molecular formula is C26H30N2O. The summed E-state index contributed by atoms with van der Waals surface area (Å²) < 4.78 is 7.61. The Kier molecular flexibility index (Phi) is 5.13. The Morgan fingerprint density at radius 1 is 0.862 bits per heavy atom. The minimum absolute atomic E-state index is 0.590. The van der Waals surface area contributed by atoms with E-state index in [9.17, 15) is 0 Å². The maximum atomic E-state index is 5.33. The molecule has 1 heterocycles. The Morgan fingerprint density at radius 3 is 2.21 bits per heavy atom. The second kappa shape index (κ2) is 8.06. The lowest BCUT2D eigenvalue weighted by molar-refractivity contribution is 0.387. The largest absolute Gasteiger partial charge is 0.497 e. The van der Waals surface area contributed by atoms with Crippen molar-refractivity contribution in [2.75, 3.05) is 7.11 Å². The van der Waals surface area contributed by atoms with Gasteiger partial charge in [-0.15, -0.1) is 0 Å². The van der Waals surface area contributed by atoms with E-state index in [2.05, 4.69) is 65.3 Å². The average molecular weight is 387 g/mol. The summed E-state index contributed by atoms with van der Waals surface area (Å²) in [5, 5.41) is 5.12. The molecule has 2 aliphatic rings. The zero-order valence-electron chi connectivity index (χ0n) is 17.3. The molecule has 0 amide bonds. The second-order valence-electron chi connectivity index (χ2n) is 8.77. The van der Waals surface area contributed by atoms with Gasteiger partial charge in [0.2, 0.25) is 0 Å². The number of hydrogen-bond donors (Lipinski definition) is 0. The minimum atomic E-state index is 0.590. The molecule has 29 heavy (non-hydrogen) atoms. The Hall–Kier alpha value is -2.55. The predicted octanol–water partition coefficient (Wildman–Crippen LogP) is 6.41. The minimum Gasteiger partial charge on any atom is -0.497 e. The van der Waals surface area contributed by atoms with Crippen molar-refractivity contribution in [3.05, 3.63) is 71.9 Å². The van der Waals surface area contributed by atoms with Gasteiger partial charge >= 0.3 is 0 Å². The third-order valence-electron chi connectivity index (χ3n) is 6.73. The molecule has 150 valence electrons. The summed E-state index contributed by atoms with van der Waals surface area (Å²) in [5.74, 6) is 3.02. The second-order valence-corrected chi connectivity index (χ2v) is 8.77. The number of nitrogens with zero attached hydrogens (tertiary/aromatic N) is 2. The van der Waals surface area contributed by atoms with Crippen LogP contribution in [0.3, 0.4) is 0 Å². The van der Waals surface area contributed by atoms with Crippen molar-refractivity contribution in [2.24, 2.45) is 5.92 Å². The van der Waals surface area contributed by atoms with E-state index in [0.29, 0.717) is 11.8 Å². The molecule has 0 atom stereocenters. The van der Waals surface area contributed by atoms with Crippen LogP contribution in [0.5, 0.6) is 5.75 Å². The molecule has 1 aromatic heterocycles. The SMILES string of the molecule is COc1ccc(-c2cc(C3CCC(c4ccccc4)CC3)nn2CC2CC2)cc1. The maximum absolute atomic E-state index is 5.33. The van der Waals surface area contributed by atoms with Gasteiger partial charge in [0.15, 0.2) is 0 Å². The van der Waals surface area contributed by atoms with Crippen LogP contribution in [-0.2, 0) is 6.54 Å². The smallest absolute Gasteiger partial charge is 0.118 e. The molecule has 3 heteroatoms. The van der Waals surface area contributed by atoms with Crippen molar-refractivity contribution in [1.82, 2.24) is 9.78 Å². The van der Waals surface area contributed by atoms with Crippen LogP contribution < -0.4 is 4.74 Å². The molecule has 2 saturated carbocycles. The van der Waals surface area contributed by atoms with Gasteiger partial charge in [0.1, 0.15) is 5.75 Å². The zero-order chi connectivity index (χ0) is 19.6. The highest BCUT2D eigenvalue weighted by Gasteiger charge is 2.28. The van der Waals surface area contributed by atoms with Crippen molar-refractivity contribution < 1.29 is 4.74 Å². The van der Waals surface area contributed by atoms with Gasteiger partial charge in [-0.1, -0.05) is 30.3 Å². The fourth-order valence-electron chi connectivity index (χ4n) is 4.76. The molecule has 0 saturated heterocycles. The Labute approximate surface area is 173 Å². The molecule has 0 bridgehead atoms. The van der Waals surface area contributed by atoms with Crippen LogP contribution in [0.1, 0.15) is 61.6 Å². The van der Waals surface area contributed by atoms with Gasteiger partial charge in [-0.2, -0.15) is 5.10 Å². The van der Waals surface area contributed by atoms with Crippen LogP contribution in [0.25, 0.3) is 11.3 Å². The number of hydrogen-bond acceptors (Lipinski definition) is 2. The quantitative estimate of drug-likeness (QED) is 0.489. The lowest BCUT2D eigenvalue weighted by Crippen LogP contribution is -2.13. The van der Waals surface area contributed by atoms with Gasteiger partial charge in [0.05, 0.1) is 18.5 Å². The van der Waals surface area contributed by atoms with E-state index in [1.54, 1.807) is 7.11 Å². The summed E-state index contributed by atoms with van der Waals surface area (Å²) in [6.07, 6.45) is 7.70. The molecular weight excluding hydrogens is 356 g/mol. The number of aromatic nitrogens is 2. The van der Waals surface area contributed by atoms with E-state index < -0.39 is 0 Å². The summed E-state index contributed by atoms with van der Waals surface area (Å²) in [4.78, 5) is 0. The monoisotopic (exact) mass is 386 g/mol. The molecule has 3 aromatic rings. The van der Waals surface area contributed by atoms with E-state index >= 15 is 0 Å². The molecule has 5 rings (SSSR count).